The lowest BCUT2D eigenvalue weighted by atomic mass is 10.1. The molecule has 0 saturated carbocycles. The summed E-state index contributed by atoms with van der Waals surface area (Å²) in [5.41, 5.74) is 0.498. The van der Waals surface area contributed by atoms with Crippen molar-refractivity contribution in [2.75, 3.05) is 19.9 Å². The molecule has 1 aliphatic heterocycles. The van der Waals surface area contributed by atoms with Crippen LogP contribution in [-0.4, -0.2) is 32.5 Å². The van der Waals surface area contributed by atoms with Crippen molar-refractivity contribution in [2.45, 2.75) is 27.0 Å². The van der Waals surface area contributed by atoms with Crippen LogP contribution in [0.3, 0.4) is 0 Å². The summed E-state index contributed by atoms with van der Waals surface area (Å²) < 4.78 is 40.0. The smallest absolute Gasteiger partial charge is 0.387 e. The Bertz CT molecular complexity index is 530. The molecule has 8 heteroatoms. The van der Waals surface area contributed by atoms with Gasteiger partial charge in [-0.25, -0.2) is 4.99 Å². The molecule has 2 N–H and O–H groups in total. The molecule has 1 aromatic rings. The monoisotopic (exact) mass is 315 g/mol. The highest BCUT2D eigenvalue weighted by atomic mass is 19.3. The lowest BCUT2D eigenvalue weighted by Crippen LogP contribution is -2.36. The summed E-state index contributed by atoms with van der Waals surface area (Å²) in [7, 11) is 0. The van der Waals surface area contributed by atoms with E-state index in [4.69, 9.17) is 9.47 Å². The summed E-state index contributed by atoms with van der Waals surface area (Å²) in [4.78, 5) is 4.34. The number of nitrogens with zero attached hydrogens (tertiary/aromatic N) is 1. The molecule has 2 rings (SSSR count). The Kier molecular flexibility index (Phi) is 5.62. The maximum absolute atomic E-state index is 12.5. The first kappa shape index (κ1) is 16.1. The van der Waals surface area contributed by atoms with E-state index in [0.29, 0.717) is 36.1 Å². The van der Waals surface area contributed by atoms with Gasteiger partial charge in [-0.3, -0.25) is 0 Å². The van der Waals surface area contributed by atoms with Gasteiger partial charge in [0.05, 0.1) is 6.54 Å². The number of fused-ring (bicyclic) bond motifs is 1. The largest absolute Gasteiger partial charge is 0.454 e. The van der Waals surface area contributed by atoms with Crippen molar-refractivity contribution in [3.05, 3.63) is 17.7 Å². The van der Waals surface area contributed by atoms with Gasteiger partial charge in [-0.2, -0.15) is 8.78 Å². The van der Waals surface area contributed by atoms with E-state index in [1.54, 1.807) is 6.07 Å². The van der Waals surface area contributed by atoms with E-state index in [1.807, 2.05) is 13.8 Å². The highest BCUT2D eigenvalue weighted by Crippen LogP contribution is 2.38. The molecule has 0 spiro atoms. The standard InChI is InChI=1S/C14H19F2N3O3/c1-3-17-14(18-4-2)19-7-9-5-11-12(21-8-20-11)6-10(9)22-13(15)16/h5-6,13H,3-4,7-8H2,1-2H3,(H2,17,18,19). The number of hydrogen-bond donors (Lipinski definition) is 2. The van der Waals surface area contributed by atoms with Crippen LogP contribution in [0.5, 0.6) is 17.2 Å². The molecule has 1 aliphatic rings. The zero-order chi connectivity index (χ0) is 15.9. The second-order valence-corrected chi connectivity index (χ2v) is 4.42. The minimum absolute atomic E-state index is 0.0374. The van der Waals surface area contributed by atoms with Crippen LogP contribution in [0.2, 0.25) is 0 Å². The molecule has 0 saturated heterocycles. The molecular weight excluding hydrogens is 296 g/mol. The zero-order valence-electron chi connectivity index (χ0n) is 12.5. The van der Waals surface area contributed by atoms with Gasteiger partial charge in [-0.15, -0.1) is 0 Å². The van der Waals surface area contributed by atoms with Gasteiger partial charge in [0.15, 0.2) is 17.5 Å². The average molecular weight is 315 g/mol. The Balaban J connectivity index is 2.22. The van der Waals surface area contributed by atoms with Crippen molar-refractivity contribution in [1.82, 2.24) is 10.6 Å². The summed E-state index contributed by atoms with van der Waals surface area (Å²) in [5, 5.41) is 6.12. The molecule has 6 nitrogen and oxygen atoms in total. The molecule has 0 bridgehead atoms. The van der Waals surface area contributed by atoms with Crippen molar-refractivity contribution in [3.8, 4) is 17.2 Å². The fourth-order valence-corrected chi connectivity index (χ4v) is 1.97. The lowest BCUT2D eigenvalue weighted by Gasteiger charge is -2.12. The molecule has 1 aromatic carbocycles. The zero-order valence-corrected chi connectivity index (χ0v) is 12.5. The van der Waals surface area contributed by atoms with Crippen LogP contribution in [0.15, 0.2) is 17.1 Å². The fraction of sp³-hybridized carbons (Fsp3) is 0.500. The maximum Gasteiger partial charge on any atom is 0.387 e. The van der Waals surface area contributed by atoms with Crippen LogP contribution in [0.4, 0.5) is 8.78 Å². The fourth-order valence-electron chi connectivity index (χ4n) is 1.97. The van der Waals surface area contributed by atoms with E-state index in [-0.39, 0.29) is 19.1 Å². The summed E-state index contributed by atoms with van der Waals surface area (Å²) >= 11 is 0. The summed E-state index contributed by atoms with van der Waals surface area (Å²) in [6.45, 7) is 2.62. The van der Waals surface area contributed by atoms with Crippen molar-refractivity contribution in [3.63, 3.8) is 0 Å². The Morgan fingerprint density at radius 3 is 2.45 bits per heavy atom. The highest BCUT2D eigenvalue weighted by Gasteiger charge is 2.19. The molecule has 0 aliphatic carbocycles. The Morgan fingerprint density at radius 1 is 1.23 bits per heavy atom. The number of aliphatic imine (C=N–C) groups is 1. The van der Waals surface area contributed by atoms with Crippen LogP contribution < -0.4 is 24.8 Å². The minimum atomic E-state index is -2.91. The molecule has 0 radical (unpaired) electrons. The second kappa shape index (κ2) is 7.67. The SMILES string of the molecule is CCNC(=NCc1cc2c(cc1OC(F)F)OCO2)NCC. The first-order chi connectivity index (χ1) is 10.6. The maximum atomic E-state index is 12.5. The lowest BCUT2D eigenvalue weighted by molar-refractivity contribution is -0.0505. The molecular formula is C14H19F2N3O3. The van der Waals surface area contributed by atoms with Crippen LogP contribution in [0.25, 0.3) is 0 Å². The molecule has 0 atom stereocenters. The minimum Gasteiger partial charge on any atom is -0.454 e. The van der Waals surface area contributed by atoms with Crippen molar-refractivity contribution in [2.24, 2.45) is 4.99 Å². The number of nitrogens with one attached hydrogen (secondary N) is 2. The van der Waals surface area contributed by atoms with E-state index in [0.717, 1.165) is 0 Å². The number of rotatable bonds is 6. The molecule has 0 amide bonds. The third-order valence-corrected chi connectivity index (χ3v) is 2.87. The second-order valence-electron chi connectivity index (χ2n) is 4.42. The first-order valence-corrected chi connectivity index (χ1v) is 7.03. The number of benzene rings is 1. The van der Waals surface area contributed by atoms with Crippen LogP contribution >= 0.6 is 0 Å². The predicted octanol–water partition coefficient (Wildman–Crippen LogP) is 2.09. The summed E-state index contributed by atoms with van der Waals surface area (Å²) in [5.74, 6) is 1.53. The van der Waals surface area contributed by atoms with Crippen LogP contribution in [-0.2, 0) is 6.54 Å². The Labute approximate surface area is 127 Å². The van der Waals surface area contributed by atoms with Gasteiger partial charge in [0.25, 0.3) is 0 Å². The molecule has 22 heavy (non-hydrogen) atoms. The van der Waals surface area contributed by atoms with Crippen molar-refractivity contribution in [1.29, 1.82) is 0 Å². The average Bonchev–Trinajstić information content (AvgIpc) is 2.91. The molecule has 0 unspecified atom stereocenters. The highest BCUT2D eigenvalue weighted by molar-refractivity contribution is 5.79. The number of hydrogen-bond acceptors (Lipinski definition) is 4. The van der Waals surface area contributed by atoms with Gasteiger partial charge < -0.3 is 24.8 Å². The predicted molar refractivity (Wildman–Crippen MR) is 77.7 cm³/mol. The first-order valence-electron chi connectivity index (χ1n) is 7.03. The number of guanidine groups is 1. The molecule has 122 valence electrons. The van der Waals surface area contributed by atoms with E-state index >= 15 is 0 Å². The van der Waals surface area contributed by atoms with Gasteiger partial charge in [-0.05, 0) is 19.9 Å². The van der Waals surface area contributed by atoms with E-state index < -0.39 is 6.61 Å². The van der Waals surface area contributed by atoms with E-state index in [9.17, 15) is 8.78 Å². The molecule has 0 fully saturated rings. The number of ether oxygens (including phenoxy) is 3. The molecule has 1 heterocycles. The summed E-state index contributed by atoms with van der Waals surface area (Å²) in [6, 6.07) is 3.01. The van der Waals surface area contributed by atoms with Crippen LogP contribution in [0.1, 0.15) is 19.4 Å². The van der Waals surface area contributed by atoms with Gasteiger partial charge in [-0.1, -0.05) is 0 Å². The van der Waals surface area contributed by atoms with Crippen LogP contribution in [0, 0.1) is 0 Å². The van der Waals surface area contributed by atoms with E-state index in [1.165, 1.54) is 6.07 Å². The third kappa shape index (κ3) is 4.12. The normalized spacial score (nSPS) is 12.2. The van der Waals surface area contributed by atoms with Crippen molar-refractivity contribution >= 4 is 5.96 Å². The quantitative estimate of drug-likeness (QED) is 0.622. The van der Waals surface area contributed by atoms with Gasteiger partial charge in [0, 0.05) is 24.7 Å². The molecule has 0 aromatic heterocycles. The van der Waals surface area contributed by atoms with Gasteiger partial charge >= 0.3 is 6.61 Å². The Morgan fingerprint density at radius 2 is 1.86 bits per heavy atom. The Hall–Kier alpha value is -2.25. The van der Waals surface area contributed by atoms with Gasteiger partial charge in [0.1, 0.15) is 5.75 Å². The number of halogens is 2. The van der Waals surface area contributed by atoms with Gasteiger partial charge in [0.2, 0.25) is 6.79 Å². The van der Waals surface area contributed by atoms with Crippen molar-refractivity contribution < 1.29 is 23.0 Å². The number of alkyl halides is 2. The topological polar surface area (TPSA) is 64.1 Å². The van der Waals surface area contributed by atoms with E-state index in [2.05, 4.69) is 20.4 Å². The summed E-state index contributed by atoms with van der Waals surface area (Å²) in [6.07, 6.45) is 0. The third-order valence-electron chi connectivity index (χ3n) is 2.87.